The van der Waals surface area contributed by atoms with Crippen LogP contribution in [-0.4, -0.2) is 42.9 Å². The molecular formula is C30H31N3O4S. The number of methoxy groups -OCH3 is 1. The van der Waals surface area contributed by atoms with Crippen LogP contribution in [0.4, 0.5) is 11.4 Å². The van der Waals surface area contributed by atoms with E-state index in [0.717, 1.165) is 21.7 Å². The summed E-state index contributed by atoms with van der Waals surface area (Å²) in [5, 5.41) is 6.10. The zero-order chi connectivity index (χ0) is 26.9. The van der Waals surface area contributed by atoms with Gasteiger partial charge in [0, 0.05) is 43.0 Å². The van der Waals surface area contributed by atoms with Gasteiger partial charge >= 0.3 is 0 Å². The quantitative estimate of drug-likeness (QED) is 0.242. The van der Waals surface area contributed by atoms with Gasteiger partial charge in [-0.3, -0.25) is 19.3 Å². The van der Waals surface area contributed by atoms with Crippen molar-refractivity contribution in [2.75, 3.05) is 30.9 Å². The van der Waals surface area contributed by atoms with E-state index in [1.54, 1.807) is 7.11 Å². The fourth-order valence-corrected chi connectivity index (χ4v) is 5.00. The van der Waals surface area contributed by atoms with Crippen LogP contribution >= 0.6 is 11.8 Å². The molecule has 0 spiro atoms. The Morgan fingerprint density at radius 2 is 1.68 bits per heavy atom. The van der Waals surface area contributed by atoms with Gasteiger partial charge in [0.15, 0.2) is 0 Å². The minimum atomic E-state index is -0.362. The van der Waals surface area contributed by atoms with Crippen LogP contribution in [0.5, 0.6) is 0 Å². The van der Waals surface area contributed by atoms with Crippen LogP contribution in [0.25, 0.3) is 0 Å². The molecule has 1 heterocycles. The lowest BCUT2D eigenvalue weighted by Crippen LogP contribution is -2.33. The average molecular weight is 530 g/mol. The summed E-state index contributed by atoms with van der Waals surface area (Å²) >= 11 is 1.21. The Morgan fingerprint density at radius 1 is 0.921 bits per heavy atom. The van der Waals surface area contributed by atoms with Gasteiger partial charge in [-0.05, 0) is 55.7 Å². The van der Waals surface area contributed by atoms with Crippen LogP contribution in [0.3, 0.4) is 0 Å². The molecule has 3 aromatic carbocycles. The molecule has 0 fully saturated rings. The Labute approximate surface area is 227 Å². The van der Waals surface area contributed by atoms with Crippen molar-refractivity contribution in [3.8, 4) is 0 Å². The van der Waals surface area contributed by atoms with Crippen LogP contribution in [0.2, 0.25) is 0 Å². The third-order valence-corrected chi connectivity index (χ3v) is 7.07. The Balaban J connectivity index is 1.50. The number of hydrogen-bond acceptors (Lipinski definition) is 6. The number of rotatable bonds is 12. The predicted octanol–water partition coefficient (Wildman–Crippen LogP) is 5.39. The summed E-state index contributed by atoms with van der Waals surface area (Å²) in [6, 6.07) is 24.8. The van der Waals surface area contributed by atoms with Gasteiger partial charge in [-0.25, -0.2) is 0 Å². The first-order valence-electron chi connectivity index (χ1n) is 12.5. The fraction of sp³-hybridized carbons (Fsp3) is 0.233. The normalized spacial score (nSPS) is 13.3. The van der Waals surface area contributed by atoms with Crippen LogP contribution in [-0.2, 0) is 25.5 Å². The molecule has 0 aromatic heterocycles. The van der Waals surface area contributed by atoms with Gasteiger partial charge < -0.3 is 15.4 Å². The van der Waals surface area contributed by atoms with E-state index in [2.05, 4.69) is 10.6 Å². The Bertz CT molecular complexity index is 1320. The highest BCUT2D eigenvalue weighted by Gasteiger charge is 2.38. The molecule has 2 N–H and O–H groups in total. The van der Waals surface area contributed by atoms with Gasteiger partial charge in [0.25, 0.3) is 11.8 Å². The summed E-state index contributed by atoms with van der Waals surface area (Å²) in [6.07, 6.45) is 1.56. The molecule has 0 radical (unpaired) electrons. The van der Waals surface area contributed by atoms with E-state index in [9.17, 15) is 14.4 Å². The minimum absolute atomic E-state index is 0.0895. The summed E-state index contributed by atoms with van der Waals surface area (Å²) in [6.45, 7) is 2.71. The van der Waals surface area contributed by atoms with Crippen molar-refractivity contribution in [1.29, 1.82) is 0 Å². The molecule has 1 aliphatic heterocycles. The molecule has 0 bridgehead atoms. The molecule has 1 aliphatic rings. The molecule has 0 aliphatic carbocycles. The number of nitrogens with zero attached hydrogens (tertiary/aromatic N) is 1. The number of nitrogens with one attached hydrogen (secondary N) is 2. The van der Waals surface area contributed by atoms with Gasteiger partial charge in [-0.15, -0.1) is 0 Å². The van der Waals surface area contributed by atoms with Gasteiger partial charge in [0.1, 0.15) is 10.6 Å². The second kappa shape index (κ2) is 13.1. The maximum Gasteiger partial charge on any atom is 0.278 e. The number of aryl methyl sites for hydroxylation is 2. The largest absolute Gasteiger partial charge is 0.385 e. The van der Waals surface area contributed by atoms with Gasteiger partial charge in [0.05, 0.1) is 0 Å². The van der Waals surface area contributed by atoms with Crippen molar-refractivity contribution in [3.63, 3.8) is 0 Å². The highest BCUT2D eigenvalue weighted by atomic mass is 32.2. The summed E-state index contributed by atoms with van der Waals surface area (Å²) < 4.78 is 5.10. The van der Waals surface area contributed by atoms with E-state index >= 15 is 0 Å². The van der Waals surface area contributed by atoms with E-state index < -0.39 is 0 Å². The Kier molecular flexibility index (Phi) is 9.35. The first-order valence-corrected chi connectivity index (χ1v) is 13.3. The van der Waals surface area contributed by atoms with E-state index in [1.807, 2.05) is 85.8 Å². The van der Waals surface area contributed by atoms with Crippen molar-refractivity contribution in [2.24, 2.45) is 0 Å². The Morgan fingerprint density at radius 3 is 2.42 bits per heavy atom. The maximum atomic E-state index is 13.3. The summed E-state index contributed by atoms with van der Waals surface area (Å²) in [5.41, 5.74) is 3.81. The molecule has 7 nitrogen and oxygen atoms in total. The van der Waals surface area contributed by atoms with Crippen LogP contribution < -0.4 is 10.6 Å². The molecule has 0 unspecified atom stereocenters. The number of amides is 3. The van der Waals surface area contributed by atoms with Crippen LogP contribution in [0.1, 0.15) is 24.0 Å². The third kappa shape index (κ3) is 7.12. The summed E-state index contributed by atoms with van der Waals surface area (Å²) in [7, 11) is 1.59. The lowest BCUT2D eigenvalue weighted by Gasteiger charge is -2.14. The number of carbonyl (C=O) groups is 3. The van der Waals surface area contributed by atoms with Crippen molar-refractivity contribution < 1.29 is 19.1 Å². The number of benzene rings is 3. The zero-order valence-electron chi connectivity index (χ0n) is 21.5. The minimum Gasteiger partial charge on any atom is -0.385 e. The molecule has 3 amide bonds. The van der Waals surface area contributed by atoms with Gasteiger partial charge in [-0.1, -0.05) is 65.9 Å². The highest BCUT2D eigenvalue weighted by Crippen LogP contribution is 2.36. The monoisotopic (exact) mass is 529 g/mol. The van der Waals surface area contributed by atoms with E-state index in [0.29, 0.717) is 36.5 Å². The fourth-order valence-electron chi connectivity index (χ4n) is 3.99. The number of thioether (sulfide) groups is 1. The van der Waals surface area contributed by atoms with E-state index in [1.165, 1.54) is 16.7 Å². The van der Waals surface area contributed by atoms with Crippen molar-refractivity contribution in [1.82, 2.24) is 4.90 Å². The third-order valence-electron chi connectivity index (χ3n) is 6.00. The first-order chi connectivity index (χ1) is 18.4. The smallest absolute Gasteiger partial charge is 0.278 e. The second-order valence-electron chi connectivity index (χ2n) is 8.97. The van der Waals surface area contributed by atoms with Crippen molar-refractivity contribution >= 4 is 40.9 Å². The molecular weight excluding hydrogens is 498 g/mol. The maximum absolute atomic E-state index is 13.3. The average Bonchev–Trinajstić information content (AvgIpc) is 3.13. The number of imide groups is 1. The highest BCUT2D eigenvalue weighted by molar-refractivity contribution is 8.04. The molecule has 0 saturated carbocycles. The zero-order valence-corrected chi connectivity index (χ0v) is 22.3. The van der Waals surface area contributed by atoms with Gasteiger partial charge in [0.2, 0.25) is 5.91 Å². The topological polar surface area (TPSA) is 87.7 Å². The standard InChI is InChI=1S/C30H31N3O4S/c1-21-12-15-23(16-13-21)32-27-28(30(36)33(29(27)35)18-7-19-37-2)38-25-11-6-10-24(20-25)31-26(34)17-14-22-8-4-3-5-9-22/h3-6,8-13,15-16,20,32H,7,14,17-19H2,1-2H3,(H,31,34). The molecule has 4 rings (SSSR count). The van der Waals surface area contributed by atoms with Crippen LogP contribution in [0, 0.1) is 6.92 Å². The number of hydrogen-bond donors (Lipinski definition) is 2. The SMILES string of the molecule is COCCCN1C(=O)C(Nc2ccc(C)cc2)=C(Sc2cccc(NC(=O)CCc3ccccc3)c2)C1=O. The predicted molar refractivity (Wildman–Crippen MR) is 151 cm³/mol. The first kappa shape index (κ1) is 27.2. The van der Waals surface area contributed by atoms with E-state index in [-0.39, 0.29) is 30.0 Å². The molecule has 0 saturated heterocycles. The van der Waals surface area contributed by atoms with E-state index in [4.69, 9.17) is 4.74 Å². The molecule has 196 valence electrons. The molecule has 8 heteroatoms. The lowest BCUT2D eigenvalue weighted by atomic mass is 10.1. The summed E-state index contributed by atoms with van der Waals surface area (Å²) in [4.78, 5) is 41.4. The Hall–Kier alpha value is -3.88. The number of carbonyl (C=O) groups excluding carboxylic acids is 3. The van der Waals surface area contributed by atoms with Crippen LogP contribution in [0.15, 0.2) is 94.4 Å². The number of ether oxygens (including phenoxy) is 1. The van der Waals surface area contributed by atoms with Gasteiger partial charge in [-0.2, -0.15) is 0 Å². The molecule has 38 heavy (non-hydrogen) atoms. The second-order valence-corrected chi connectivity index (χ2v) is 10.1. The molecule has 3 aromatic rings. The van der Waals surface area contributed by atoms with Crippen molar-refractivity contribution in [2.45, 2.75) is 31.1 Å². The number of anilines is 2. The van der Waals surface area contributed by atoms with Crippen molar-refractivity contribution in [3.05, 3.63) is 101 Å². The molecule has 0 atom stereocenters. The summed E-state index contributed by atoms with van der Waals surface area (Å²) in [5.74, 6) is -0.795. The lowest BCUT2D eigenvalue weighted by molar-refractivity contribution is -0.137.